The quantitative estimate of drug-likeness (QED) is 0.600. The van der Waals surface area contributed by atoms with Crippen molar-refractivity contribution in [3.63, 3.8) is 0 Å². The van der Waals surface area contributed by atoms with Gasteiger partial charge in [0.05, 0.1) is 6.61 Å². The molecule has 5 nitrogen and oxygen atoms in total. The molecule has 2 aliphatic heterocycles. The number of ether oxygens (including phenoxy) is 1. The van der Waals surface area contributed by atoms with Gasteiger partial charge in [0.2, 0.25) is 0 Å². The van der Waals surface area contributed by atoms with Gasteiger partial charge in [-0.15, -0.1) is 0 Å². The fourth-order valence-electron chi connectivity index (χ4n) is 1.72. The summed E-state index contributed by atoms with van der Waals surface area (Å²) in [4.78, 5) is 3.32. The van der Waals surface area contributed by atoms with Crippen molar-refractivity contribution in [3.8, 4) is 0 Å². The third-order valence-electron chi connectivity index (χ3n) is 2.59. The zero-order valence-electron chi connectivity index (χ0n) is 8.33. The molecular formula is C8H10F3NO4S. The standard InChI is InChI=1S/C8H10F3NO4S/c9-8(10,11)7-12-3-5(15)4(14)2(1-13)16-6(3)17-7/h2-6,13-15H,1H2/t2-,3?,4-,5-,6?/m1/s1. The molecule has 0 spiro atoms. The molecule has 0 aliphatic carbocycles. The van der Waals surface area contributed by atoms with Crippen LogP contribution in [0.1, 0.15) is 0 Å². The molecule has 5 atom stereocenters. The Hall–Kier alpha value is -0.350. The molecule has 9 heteroatoms. The van der Waals surface area contributed by atoms with Crippen molar-refractivity contribution in [1.82, 2.24) is 0 Å². The first-order valence-corrected chi connectivity index (χ1v) is 5.66. The summed E-state index contributed by atoms with van der Waals surface area (Å²) in [7, 11) is 0. The van der Waals surface area contributed by atoms with Crippen LogP contribution in [-0.2, 0) is 4.74 Å². The Labute approximate surface area is 98.3 Å². The van der Waals surface area contributed by atoms with Crippen LogP contribution in [0.4, 0.5) is 13.2 Å². The van der Waals surface area contributed by atoms with E-state index in [1.54, 1.807) is 0 Å². The van der Waals surface area contributed by atoms with E-state index in [1.165, 1.54) is 0 Å². The molecule has 1 fully saturated rings. The average Bonchev–Trinajstić information content (AvgIpc) is 2.67. The molecule has 0 radical (unpaired) electrons. The number of aliphatic hydroxyl groups excluding tert-OH is 3. The minimum absolute atomic E-state index is 0.347. The Morgan fingerprint density at radius 2 is 1.94 bits per heavy atom. The molecule has 0 amide bonds. The Balaban J connectivity index is 2.18. The Bertz CT molecular complexity index is 337. The van der Waals surface area contributed by atoms with Gasteiger partial charge in [-0.2, -0.15) is 13.2 Å². The molecule has 3 N–H and O–H groups in total. The third-order valence-corrected chi connectivity index (χ3v) is 3.77. The maximum Gasteiger partial charge on any atom is 0.439 e. The first kappa shape index (κ1) is 13.1. The number of thioether (sulfide) groups is 1. The summed E-state index contributed by atoms with van der Waals surface area (Å²) in [6.45, 7) is -0.580. The SMILES string of the molecule is OC[C@H]1OC2SC(C(F)(F)F)=NC2[C@@H](O)[C@@H]1O. The van der Waals surface area contributed by atoms with Gasteiger partial charge in [-0.05, 0) is 0 Å². The van der Waals surface area contributed by atoms with Crippen molar-refractivity contribution in [2.45, 2.75) is 36.0 Å². The lowest BCUT2D eigenvalue weighted by atomic mass is 9.99. The second-order valence-corrected chi connectivity index (χ2v) is 4.83. The van der Waals surface area contributed by atoms with E-state index in [4.69, 9.17) is 9.84 Å². The monoisotopic (exact) mass is 273 g/mol. The number of aliphatic imine (C=N–C) groups is 1. The van der Waals surface area contributed by atoms with Gasteiger partial charge in [-0.25, -0.2) is 0 Å². The van der Waals surface area contributed by atoms with Crippen LogP contribution in [0.3, 0.4) is 0 Å². The van der Waals surface area contributed by atoms with E-state index in [9.17, 15) is 23.4 Å². The zero-order chi connectivity index (χ0) is 12.8. The summed E-state index contributed by atoms with van der Waals surface area (Å²) >= 11 is 0.347. The third kappa shape index (κ3) is 2.29. The molecule has 0 aromatic heterocycles. The molecule has 0 bridgehead atoms. The van der Waals surface area contributed by atoms with Crippen molar-refractivity contribution in [2.75, 3.05) is 6.61 Å². The number of hydrogen-bond donors (Lipinski definition) is 3. The van der Waals surface area contributed by atoms with Crippen molar-refractivity contribution >= 4 is 16.8 Å². The highest BCUT2D eigenvalue weighted by Crippen LogP contribution is 2.41. The second kappa shape index (κ2) is 4.39. The highest BCUT2D eigenvalue weighted by molar-refractivity contribution is 8.14. The highest BCUT2D eigenvalue weighted by Gasteiger charge is 2.52. The van der Waals surface area contributed by atoms with E-state index in [0.717, 1.165) is 0 Å². The van der Waals surface area contributed by atoms with E-state index in [1.807, 2.05) is 0 Å². The summed E-state index contributed by atoms with van der Waals surface area (Å²) < 4.78 is 42.3. The van der Waals surface area contributed by atoms with Crippen LogP contribution in [0.15, 0.2) is 4.99 Å². The smallest absolute Gasteiger partial charge is 0.394 e. The van der Waals surface area contributed by atoms with Crippen LogP contribution in [0.2, 0.25) is 0 Å². The molecule has 2 aliphatic rings. The van der Waals surface area contributed by atoms with E-state index in [0.29, 0.717) is 11.8 Å². The summed E-state index contributed by atoms with van der Waals surface area (Å²) in [6.07, 6.45) is -8.61. The predicted molar refractivity (Wildman–Crippen MR) is 52.6 cm³/mol. The van der Waals surface area contributed by atoms with Crippen molar-refractivity contribution in [3.05, 3.63) is 0 Å². The lowest BCUT2D eigenvalue weighted by Gasteiger charge is -2.37. The maximum atomic E-state index is 12.4. The van der Waals surface area contributed by atoms with Gasteiger partial charge < -0.3 is 20.1 Å². The van der Waals surface area contributed by atoms with Gasteiger partial charge in [-0.3, -0.25) is 4.99 Å². The van der Waals surface area contributed by atoms with E-state index in [-0.39, 0.29) is 0 Å². The normalized spacial score (nSPS) is 42.2. The summed E-state index contributed by atoms with van der Waals surface area (Å²) in [5.41, 5.74) is -1.03. The predicted octanol–water partition coefficient (Wildman–Crippen LogP) is -0.498. The minimum Gasteiger partial charge on any atom is -0.394 e. The number of nitrogens with zero attached hydrogens (tertiary/aromatic N) is 1. The molecule has 0 saturated carbocycles. The van der Waals surface area contributed by atoms with E-state index in [2.05, 4.69) is 4.99 Å². The molecule has 2 heterocycles. The van der Waals surface area contributed by atoms with Gasteiger partial charge >= 0.3 is 6.18 Å². The van der Waals surface area contributed by atoms with Gasteiger partial charge in [0, 0.05) is 0 Å². The van der Waals surface area contributed by atoms with Crippen LogP contribution in [0, 0.1) is 0 Å². The first-order chi connectivity index (χ1) is 7.84. The van der Waals surface area contributed by atoms with Gasteiger partial charge in [0.1, 0.15) is 29.8 Å². The van der Waals surface area contributed by atoms with Crippen LogP contribution >= 0.6 is 11.8 Å². The van der Waals surface area contributed by atoms with E-state index < -0.39 is 47.6 Å². The molecular weight excluding hydrogens is 263 g/mol. The average molecular weight is 273 g/mol. The van der Waals surface area contributed by atoms with Crippen LogP contribution in [-0.4, -0.2) is 62.9 Å². The second-order valence-electron chi connectivity index (χ2n) is 3.75. The van der Waals surface area contributed by atoms with Crippen LogP contribution < -0.4 is 0 Å². The molecule has 98 valence electrons. The largest absolute Gasteiger partial charge is 0.439 e. The molecule has 17 heavy (non-hydrogen) atoms. The zero-order valence-corrected chi connectivity index (χ0v) is 9.15. The maximum absolute atomic E-state index is 12.4. The number of alkyl halides is 3. The highest BCUT2D eigenvalue weighted by atomic mass is 32.2. The number of hydrogen-bond acceptors (Lipinski definition) is 6. The Morgan fingerprint density at radius 3 is 2.47 bits per heavy atom. The lowest BCUT2D eigenvalue weighted by molar-refractivity contribution is -0.164. The van der Waals surface area contributed by atoms with Gasteiger partial charge in [-0.1, -0.05) is 11.8 Å². The molecule has 1 saturated heterocycles. The number of aliphatic hydroxyl groups is 3. The summed E-state index contributed by atoms with van der Waals surface area (Å²) in [6, 6.07) is -1.16. The topological polar surface area (TPSA) is 82.3 Å². The Kier molecular flexibility index (Phi) is 3.38. The van der Waals surface area contributed by atoms with Crippen LogP contribution in [0.25, 0.3) is 0 Å². The van der Waals surface area contributed by atoms with Gasteiger partial charge in [0.15, 0.2) is 5.04 Å². The molecule has 0 aromatic carbocycles. The molecule has 0 aromatic rings. The van der Waals surface area contributed by atoms with Crippen molar-refractivity contribution in [1.29, 1.82) is 0 Å². The fourth-order valence-corrected chi connectivity index (χ4v) is 2.81. The number of halogens is 3. The summed E-state index contributed by atoms with van der Waals surface area (Å²) in [5, 5.41) is 26.9. The first-order valence-electron chi connectivity index (χ1n) is 4.78. The number of rotatable bonds is 1. The van der Waals surface area contributed by atoms with Crippen molar-refractivity contribution in [2.24, 2.45) is 4.99 Å². The Morgan fingerprint density at radius 1 is 1.29 bits per heavy atom. The summed E-state index contributed by atoms with van der Waals surface area (Å²) in [5.74, 6) is 0. The fraction of sp³-hybridized carbons (Fsp3) is 0.875. The van der Waals surface area contributed by atoms with E-state index >= 15 is 0 Å². The lowest BCUT2D eigenvalue weighted by Crippen LogP contribution is -2.55. The number of fused-ring (bicyclic) bond motifs is 1. The van der Waals surface area contributed by atoms with Crippen molar-refractivity contribution < 1.29 is 33.2 Å². The van der Waals surface area contributed by atoms with Gasteiger partial charge in [0.25, 0.3) is 0 Å². The minimum atomic E-state index is -4.59. The van der Waals surface area contributed by atoms with Crippen LogP contribution in [0.5, 0.6) is 0 Å². The molecule has 2 unspecified atom stereocenters. The molecule has 2 rings (SSSR count).